The van der Waals surface area contributed by atoms with E-state index in [2.05, 4.69) is 28.7 Å². The predicted octanol–water partition coefficient (Wildman–Crippen LogP) is 3.57. The first-order valence-corrected chi connectivity index (χ1v) is 13.3. The van der Waals surface area contributed by atoms with E-state index < -0.39 is 0 Å². The van der Waals surface area contributed by atoms with Crippen LogP contribution < -0.4 is 10.9 Å². The Hall–Kier alpha value is -3.13. The molecule has 0 unspecified atom stereocenters. The van der Waals surface area contributed by atoms with E-state index in [1.165, 1.54) is 18.5 Å². The smallest absolute Gasteiger partial charge is 0.276 e. The Labute approximate surface area is 212 Å². The van der Waals surface area contributed by atoms with E-state index in [1.54, 1.807) is 4.68 Å². The molecule has 0 bridgehead atoms. The molecule has 2 aliphatic rings. The molecule has 2 aromatic heterocycles. The molecule has 3 heterocycles. The van der Waals surface area contributed by atoms with Crippen LogP contribution in [-0.4, -0.2) is 42.5 Å². The molecule has 8 heteroatoms. The lowest BCUT2D eigenvalue weighted by molar-refractivity contribution is 0.0929. The molecule has 0 atom stereocenters. The number of benzene rings is 1. The van der Waals surface area contributed by atoms with Crippen LogP contribution in [0.3, 0.4) is 0 Å². The second-order valence-corrected chi connectivity index (χ2v) is 10.8. The van der Waals surface area contributed by atoms with E-state index in [-0.39, 0.29) is 17.5 Å². The molecule has 1 aliphatic heterocycles. The van der Waals surface area contributed by atoms with E-state index in [4.69, 9.17) is 5.10 Å². The number of hydrogen-bond acceptors (Lipinski definition) is 4. The lowest BCUT2D eigenvalue weighted by Gasteiger charge is -2.27. The number of carbonyl (C=O) groups is 1. The summed E-state index contributed by atoms with van der Waals surface area (Å²) in [6, 6.07) is 10.0. The summed E-state index contributed by atoms with van der Waals surface area (Å²) in [6.07, 6.45) is 5.27. The van der Waals surface area contributed by atoms with Crippen LogP contribution in [0.4, 0.5) is 0 Å². The average molecular weight is 491 g/mol. The van der Waals surface area contributed by atoms with Crippen LogP contribution in [0.15, 0.2) is 35.1 Å². The third-order valence-corrected chi connectivity index (χ3v) is 7.71. The summed E-state index contributed by atoms with van der Waals surface area (Å²) in [5.41, 5.74) is 5.40. The highest BCUT2D eigenvalue weighted by Crippen LogP contribution is 2.26. The van der Waals surface area contributed by atoms with Crippen molar-refractivity contribution in [1.82, 2.24) is 29.4 Å². The van der Waals surface area contributed by atoms with Gasteiger partial charge in [0, 0.05) is 62.6 Å². The van der Waals surface area contributed by atoms with E-state index in [1.807, 2.05) is 49.0 Å². The van der Waals surface area contributed by atoms with Gasteiger partial charge in [-0.05, 0) is 37.8 Å². The number of aromatic nitrogens is 4. The number of para-hydroxylation sites is 1. The van der Waals surface area contributed by atoms with Gasteiger partial charge in [-0.3, -0.25) is 23.9 Å². The Kier molecular flexibility index (Phi) is 6.88. The molecule has 1 fully saturated rings. The zero-order valence-electron chi connectivity index (χ0n) is 22.0. The van der Waals surface area contributed by atoms with Gasteiger partial charge in [0.05, 0.1) is 11.3 Å². The third kappa shape index (κ3) is 4.66. The minimum atomic E-state index is -0.0511. The van der Waals surface area contributed by atoms with Crippen LogP contribution in [0, 0.1) is 12.8 Å². The van der Waals surface area contributed by atoms with Gasteiger partial charge in [-0.2, -0.15) is 5.10 Å². The maximum Gasteiger partial charge on any atom is 0.276 e. The highest BCUT2D eigenvalue weighted by atomic mass is 16.2. The molecule has 0 radical (unpaired) electrons. The summed E-state index contributed by atoms with van der Waals surface area (Å²) in [6.45, 7) is 9.18. The van der Waals surface area contributed by atoms with Crippen molar-refractivity contribution in [2.24, 2.45) is 13.0 Å². The van der Waals surface area contributed by atoms with Crippen molar-refractivity contribution in [2.45, 2.75) is 78.6 Å². The van der Waals surface area contributed by atoms with Gasteiger partial charge < -0.3 is 5.32 Å². The normalized spacial score (nSPS) is 16.6. The van der Waals surface area contributed by atoms with Crippen molar-refractivity contribution in [3.8, 4) is 5.69 Å². The molecular weight excluding hydrogens is 452 g/mol. The summed E-state index contributed by atoms with van der Waals surface area (Å²) in [7, 11) is 1.93. The van der Waals surface area contributed by atoms with Crippen molar-refractivity contribution in [1.29, 1.82) is 0 Å². The first kappa shape index (κ1) is 24.6. The second kappa shape index (κ2) is 10.1. The minimum Gasteiger partial charge on any atom is -0.348 e. The fourth-order valence-corrected chi connectivity index (χ4v) is 5.71. The van der Waals surface area contributed by atoms with Crippen molar-refractivity contribution >= 4 is 5.91 Å². The fraction of sp³-hybridized carbons (Fsp3) is 0.536. The van der Waals surface area contributed by atoms with Crippen LogP contribution >= 0.6 is 0 Å². The Balaban J connectivity index is 1.42. The molecule has 0 saturated heterocycles. The molecule has 8 nitrogen and oxygen atoms in total. The molecule has 36 heavy (non-hydrogen) atoms. The number of nitrogens with one attached hydrogen (secondary N) is 1. The molecule has 1 amide bonds. The molecule has 1 aromatic carbocycles. The summed E-state index contributed by atoms with van der Waals surface area (Å²) in [4.78, 5) is 29.0. The van der Waals surface area contributed by atoms with E-state index in [0.717, 1.165) is 54.9 Å². The molecule has 1 N–H and O–H groups in total. The van der Waals surface area contributed by atoms with E-state index in [0.29, 0.717) is 24.7 Å². The Morgan fingerprint density at radius 3 is 2.58 bits per heavy atom. The third-order valence-electron chi connectivity index (χ3n) is 7.71. The first-order chi connectivity index (χ1) is 17.3. The van der Waals surface area contributed by atoms with Crippen molar-refractivity contribution in [3.63, 3.8) is 0 Å². The zero-order valence-corrected chi connectivity index (χ0v) is 22.0. The molecule has 1 saturated carbocycles. The Bertz CT molecular complexity index is 1290. The molecule has 5 rings (SSSR count). The molecule has 0 spiro atoms. The standard InChI is InChI=1S/C28H38N6O2/c1-19(2)16-33-25-14-15-32(18-24(25)26(30-33)27(35)29-21-10-8-9-11-21)17-23-20(3)31(4)34(28(23)36)22-12-6-5-7-13-22/h5-7,12-13,19,21H,8-11,14-18H2,1-4H3,(H,29,35). The molecular formula is C28H38N6O2. The number of carbonyl (C=O) groups excluding carboxylic acids is 1. The number of amides is 1. The maximum atomic E-state index is 13.5. The summed E-state index contributed by atoms with van der Waals surface area (Å²) in [5.74, 6) is 0.394. The fourth-order valence-electron chi connectivity index (χ4n) is 5.71. The largest absolute Gasteiger partial charge is 0.348 e. The molecule has 1 aliphatic carbocycles. The Morgan fingerprint density at radius 2 is 1.89 bits per heavy atom. The van der Waals surface area contributed by atoms with Gasteiger partial charge in [0.2, 0.25) is 0 Å². The lowest BCUT2D eigenvalue weighted by Crippen LogP contribution is -2.36. The lowest BCUT2D eigenvalue weighted by atomic mass is 10.0. The highest BCUT2D eigenvalue weighted by Gasteiger charge is 2.31. The van der Waals surface area contributed by atoms with Gasteiger partial charge >= 0.3 is 0 Å². The summed E-state index contributed by atoms with van der Waals surface area (Å²) < 4.78 is 5.72. The number of rotatable bonds is 7. The number of nitrogens with zero attached hydrogens (tertiary/aromatic N) is 5. The van der Waals surface area contributed by atoms with Crippen LogP contribution in [-0.2, 0) is 33.1 Å². The highest BCUT2D eigenvalue weighted by molar-refractivity contribution is 5.94. The van der Waals surface area contributed by atoms with E-state index >= 15 is 0 Å². The second-order valence-electron chi connectivity index (χ2n) is 10.8. The monoisotopic (exact) mass is 490 g/mol. The van der Waals surface area contributed by atoms with Crippen molar-refractivity contribution in [3.05, 3.63) is 68.9 Å². The number of fused-ring (bicyclic) bond motifs is 1. The molecule has 3 aromatic rings. The van der Waals surface area contributed by atoms with Crippen LogP contribution in [0.1, 0.15) is 72.5 Å². The Morgan fingerprint density at radius 1 is 1.17 bits per heavy atom. The maximum absolute atomic E-state index is 13.5. The van der Waals surface area contributed by atoms with Gasteiger partial charge in [0.1, 0.15) is 0 Å². The van der Waals surface area contributed by atoms with Crippen LogP contribution in [0.25, 0.3) is 5.69 Å². The van der Waals surface area contributed by atoms with Crippen molar-refractivity contribution < 1.29 is 4.79 Å². The van der Waals surface area contributed by atoms with Gasteiger partial charge in [0.15, 0.2) is 5.69 Å². The van der Waals surface area contributed by atoms with Gasteiger partial charge in [-0.15, -0.1) is 0 Å². The van der Waals surface area contributed by atoms with Gasteiger partial charge in [-0.25, -0.2) is 4.68 Å². The van der Waals surface area contributed by atoms with Crippen LogP contribution in [0.5, 0.6) is 0 Å². The zero-order chi connectivity index (χ0) is 25.4. The SMILES string of the molecule is Cc1c(CN2CCc3c(c(C(=O)NC4CCCC4)nn3CC(C)C)C2)c(=O)n(-c2ccccc2)n1C. The summed E-state index contributed by atoms with van der Waals surface area (Å²) in [5, 5.41) is 8.05. The average Bonchev–Trinajstić information content (AvgIpc) is 3.54. The number of hydrogen-bond donors (Lipinski definition) is 1. The van der Waals surface area contributed by atoms with E-state index in [9.17, 15) is 9.59 Å². The summed E-state index contributed by atoms with van der Waals surface area (Å²) >= 11 is 0. The van der Waals surface area contributed by atoms with Gasteiger partial charge in [-0.1, -0.05) is 44.9 Å². The molecule has 192 valence electrons. The topological polar surface area (TPSA) is 77.1 Å². The van der Waals surface area contributed by atoms with Crippen molar-refractivity contribution in [2.75, 3.05) is 6.54 Å². The predicted molar refractivity (Wildman–Crippen MR) is 140 cm³/mol. The van der Waals surface area contributed by atoms with Gasteiger partial charge in [0.25, 0.3) is 11.5 Å². The quantitative estimate of drug-likeness (QED) is 0.549. The van der Waals surface area contributed by atoms with Crippen LogP contribution in [0.2, 0.25) is 0 Å². The minimum absolute atomic E-state index is 0.0155. The first-order valence-electron chi connectivity index (χ1n) is 13.3.